The largest absolute Gasteiger partial charge is 0.445 e. The first-order valence-corrected chi connectivity index (χ1v) is 11.9. The molecule has 2 heterocycles. The fourth-order valence-corrected chi connectivity index (χ4v) is 3.95. The molecule has 0 spiro atoms. The number of benzene rings is 1. The van der Waals surface area contributed by atoms with Gasteiger partial charge in [-0.1, -0.05) is 24.6 Å². The predicted molar refractivity (Wildman–Crippen MR) is 132 cm³/mol. The summed E-state index contributed by atoms with van der Waals surface area (Å²) in [5, 5.41) is 2.22. The van der Waals surface area contributed by atoms with Crippen molar-refractivity contribution in [3.05, 3.63) is 77.2 Å². The zero-order valence-corrected chi connectivity index (χ0v) is 20.7. The van der Waals surface area contributed by atoms with Gasteiger partial charge in [-0.3, -0.25) is 4.79 Å². The van der Waals surface area contributed by atoms with E-state index in [2.05, 4.69) is 10.3 Å². The molecule has 1 aromatic heterocycles. The standard InChI is InChI=1S/C27H29F3N4O2/c1-5-16(2)15-34-17(3)13-22(20-7-6-8-21(14-20)26-31-11-12-36-26)32-24(34)18(4)25(35)33-23(19-9-10-19)27(28,29)30/h6-8,11-15,19,23H,5,9-10H2,1-4H3,(H,33,35)/b16-15?,24-18+. The summed E-state index contributed by atoms with van der Waals surface area (Å²) in [7, 11) is 0. The number of nitrogens with zero attached hydrogens (tertiary/aromatic N) is 3. The van der Waals surface area contributed by atoms with Crippen LogP contribution in [0.4, 0.5) is 13.2 Å². The van der Waals surface area contributed by atoms with Gasteiger partial charge in [-0.15, -0.1) is 0 Å². The van der Waals surface area contributed by atoms with Gasteiger partial charge in [0.15, 0.2) is 0 Å². The number of hydrogen-bond donors (Lipinski definition) is 1. The van der Waals surface area contributed by atoms with Crippen molar-refractivity contribution in [2.75, 3.05) is 0 Å². The van der Waals surface area contributed by atoms with Crippen molar-refractivity contribution in [1.29, 1.82) is 0 Å². The average Bonchev–Trinajstić information content (AvgIpc) is 3.53. The Kier molecular flexibility index (Phi) is 7.19. The first-order valence-electron chi connectivity index (χ1n) is 11.9. The lowest BCUT2D eigenvalue weighted by Gasteiger charge is -2.29. The number of nitrogens with one attached hydrogen (secondary N) is 1. The Morgan fingerprint density at radius 3 is 2.61 bits per heavy atom. The Hall–Kier alpha value is -3.62. The monoisotopic (exact) mass is 498 g/mol. The molecule has 0 saturated heterocycles. The Bertz CT molecular complexity index is 1250. The van der Waals surface area contributed by atoms with Crippen molar-refractivity contribution in [1.82, 2.24) is 15.2 Å². The number of amides is 1. The van der Waals surface area contributed by atoms with Gasteiger partial charge in [0.25, 0.3) is 5.91 Å². The summed E-state index contributed by atoms with van der Waals surface area (Å²) >= 11 is 0. The Labute approximate surface area is 208 Å². The first-order chi connectivity index (χ1) is 17.1. The van der Waals surface area contributed by atoms with Gasteiger partial charge in [-0.05, 0) is 64.2 Å². The van der Waals surface area contributed by atoms with Gasteiger partial charge in [0, 0.05) is 23.0 Å². The smallest absolute Gasteiger partial charge is 0.408 e. The van der Waals surface area contributed by atoms with Crippen molar-refractivity contribution in [3.8, 4) is 11.5 Å². The summed E-state index contributed by atoms with van der Waals surface area (Å²) in [5.74, 6) is -0.608. The zero-order chi connectivity index (χ0) is 26.0. The maximum absolute atomic E-state index is 13.6. The van der Waals surface area contributed by atoms with Gasteiger partial charge >= 0.3 is 6.18 Å². The van der Waals surface area contributed by atoms with Crippen molar-refractivity contribution in [2.45, 2.75) is 59.2 Å². The third kappa shape index (κ3) is 5.61. The lowest BCUT2D eigenvalue weighted by Crippen LogP contribution is -2.47. The van der Waals surface area contributed by atoms with E-state index >= 15 is 0 Å². The van der Waals surface area contributed by atoms with E-state index in [-0.39, 0.29) is 11.4 Å². The van der Waals surface area contributed by atoms with Crippen LogP contribution in [0.5, 0.6) is 0 Å². The van der Waals surface area contributed by atoms with Crippen LogP contribution in [-0.4, -0.2) is 33.7 Å². The summed E-state index contributed by atoms with van der Waals surface area (Å²) in [6, 6.07) is 5.59. The molecule has 190 valence electrons. The van der Waals surface area contributed by atoms with Crippen LogP contribution >= 0.6 is 0 Å². The Balaban J connectivity index is 1.75. The van der Waals surface area contributed by atoms with Gasteiger partial charge in [0.1, 0.15) is 18.1 Å². The second-order valence-corrected chi connectivity index (χ2v) is 9.18. The van der Waals surface area contributed by atoms with Gasteiger partial charge in [-0.2, -0.15) is 13.2 Å². The van der Waals surface area contributed by atoms with Crippen LogP contribution in [0.15, 0.2) is 81.1 Å². The molecule has 9 heteroatoms. The summed E-state index contributed by atoms with van der Waals surface area (Å²) in [6.07, 6.45) is 3.97. The zero-order valence-electron chi connectivity index (χ0n) is 20.7. The number of halogens is 3. The predicted octanol–water partition coefficient (Wildman–Crippen LogP) is 6.35. The molecule has 2 aliphatic rings. The molecular weight excluding hydrogens is 469 g/mol. The molecule has 1 fully saturated rings. The van der Waals surface area contributed by atoms with Crippen LogP contribution in [0, 0.1) is 5.92 Å². The molecule has 6 nitrogen and oxygen atoms in total. The first kappa shape index (κ1) is 25.5. The molecule has 1 unspecified atom stereocenters. The number of oxazole rings is 1. The number of aromatic nitrogens is 1. The van der Waals surface area contributed by atoms with Gasteiger partial charge in [-0.25, -0.2) is 9.98 Å². The van der Waals surface area contributed by atoms with E-state index in [4.69, 9.17) is 9.41 Å². The SMILES string of the molecule is CCC(C)=CN1C(C)=CC(c2cccc(-c3ncco3)c2)=N/C1=C(/C)C(=O)NC(C1CC1)C(F)(F)F. The molecular formula is C27H29F3N4O2. The van der Waals surface area contributed by atoms with Crippen molar-refractivity contribution < 1.29 is 22.4 Å². The molecule has 1 atom stereocenters. The Morgan fingerprint density at radius 2 is 2.00 bits per heavy atom. The summed E-state index contributed by atoms with van der Waals surface area (Å²) in [4.78, 5) is 23.8. The fraction of sp³-hybridized carbons (Fsp3) is 0.370. The van der Waals surface area contributed by atoms with Crippen molar-refractivity contribution in [2.24, 2.45) is 10.9 Å². The van der Waals surface area contributed by atoms with Gasteiger partial charge in [0.05, 0.1) is 17.5 Å². The van der Waals surface area contributed by atoms with E-state index in [9.17, 15) is 18.0 Å². The number of aliphatic imine (C=N–C) groups is 1. The highest BCUT2D eigenvalue weighted by Crippen LogP contribution is 2.40. The minimum Gasteiger partial charge on any atom is -0.445 e. The minimum atomic E-state index is -4.50. The van der Waals surface area contributed by atoms with Gasteiger partial charge < -0.3 is 14.6 Å². The molecule has 1 N–H and O–H groups in total. The third-order valence-electron chi connectivity index (χ3n) is 6.33. The number of carbonyl (C=O) groups is 1. The third-order valence-corrected chi connectivity index (χ3v) is 6.33. The lowest BCUT2D eigenvalue weighted by atomic mass is 10.0. The number of rotatable bonds is 7. The summed E-state index contributed by atoms with van der Waals surface area (Å²) < 4.78 is 46.1. The molecule has 2 aromatic rings. The lowest BCUT2D eigenvalue weighted by molar-refractivity contribution is -0.164. The molecule has 1 aliphatic heterocycles. The summed E-state index contributed by atoms with van der Waals surface area (Å²) in [6.45, 7) is 7.34. The number of carbonyl (C=O) groups excluding carboxylic acids is 1. The van der Waals surface area contributed by atoms with Crippen LogP contribution in [0.1, 0.15) is 52.5 Å². The van der Waals surface area contributed by atoms with E-state index in [1.807, 2.05) is 57.3 Å². The number of allylic oxidation sites excluding steroid dienone is 3. The van der Waals surface area contributed by atoms with E-state index < -0.39 is 24.0 Å². The van der Waals surface area contributed by atoms with E-state index in [0.29, 0.717) is 24.4 Å². The average molecular weight is 499 g/mol. The second kappa shape index (κ2) is 10.2. The van der Waals surface area contributed by atoms with Gasteiger partial charge in [0.2, 0.25) is 5.89 Å². The molecule has 1 aromatic carbocycles. The molecule has 1 aliphatic carbocycles. The number of alkyl halides is 3. The molecule has 0 radical (unpaired) electrons. The van der Waals surface area contributed by atoms with Crippen molar-refractivity contribution >= 4 is 11.6 Å². The molecule has 4 rings (SSSR count). The number of hydrogen-bond acceptors (Lipinski definition) is 5. The van der Waals surface area contributed by atoms with Crippen LogP contribution in [0.2, 0.25) is 0 Å². The quantitative estimate of drug-likeness (QED) is 0.452. The van der Waals surface area contributed by atoms with Crippen LogP contribution in [-0.2, 0) is 4.79 Å². The van der Waals surface area contributed by atoms with E-state index in [1.54, 1.807) is 11.1 Å². The maximum Gasteiger partial charge on any atom is 0.408 e. The molecule has 36 heavy (non-hydrogen) atoms. The fourth-order valence-electron chi connectivity index (χ4n) is 3.95. The highest BCUT2D eigenvalue weighted by molar-refractivity contribution is 6.11. The molecule has 1 saturated carbocycles. The van der Waals surface area contributed by atoms with Crippen LogP contribution in [0.25, 0.3) is 11.5 Å². The minimum absolute atomic E-state index is 0.110. The summed E-state index contributed by atoms with van der Waals surface area (Å²) in [5.41, 5.74) is 4.02. The second-order valence-electron chi connectivity index (χ2n) is 9.18. The van der Waals surface area contributed by atoms with Crippen LogP contribution in [0.3, 0.4) is 0 Å². The molecule has 1 amide bonds. The van der Waals surface area contributed by atoms with E-state index in [0.717, 1.165) is 28.8 Å². The Morgan fingerprint density at radius 1 is 1.28 bits per heavy atom. The normalized spacial score (nSPS) is 19.0. The highest BCUT2D eigenvalue weighted by atomic mass is 19.4. The van der Waals surface area contributed by atoms with Crippen molar-refractivity contribution in [3.63, 3.8) is 0 Å². The highest BCUT2D eigenvalue weighted by Gasteiger charge is 2.49. The topological polar surface area (TPSA) is 70.7 Å². The van der Waals surface area contributed by atoms with E-state index in [1.165, 1.54) is 13.2 Å². The van der Waals surface area contributed by atoms with Crippen LogP contribution < -0.4 is 5.32 Å². The maximum atomic E-state index is 13.6. The molecule has 0 bridgehead atoms.